The summed E-state index contributed by atoms with van der Waals surface area (Å²) in [6, 6.07) is 8.51. The number of carboxylic acid groups (broad SMARTS) is 1. The van der Waals surface area contributed by atoms with Crippen molar-refractivity contribution in [3.05, 3.63) is 35.4 Å². The van der Waals surface area contributed by atoms with E-state index in [1.54, 1.807) is 0 Å². The van der Waals surface area contributed by atoms with Gasteiger partial charge in [0, 0.05) is 24.3 Å². The van der Waals surface area contributed by atoms with Crippen LogP contribution in [-0.4, -0.2) is 23.5 Å². The van der Waals surface area contributed by atoms with Crippen molar-refractivity contribution in [2.24, 2.45) is 5.92 Å². The van der Waals surface area contributed by atoms with Gasteiger partial charge in [0.15, 0.2) is 0 Å². The fraction of sp³-hybridized carbons (Fsp3) is 0.556. The number of carboxylic acids is 1. The predicted octanol–water partition coefficient (Wildman–Crippen LogP) is 2.65. The number of amides is 1. The van der Waals surface area contributed by atoms with E-state index in [-0.39, 0.29) is 23.7 Å². The van der Waals surface area contributed by atoms with E-state index in [0.717, 1.165) is 32.1 Å². The first-order chi connectivity index (χ1) is 10.6. The summed E-state index contributed by atoms with van der Waals surface area (Å²) >= 11 is 0. The molecule has 0 aliphatic heterocycles. The Bertz CT molecular complexity index is 583. The monoisotopic (exact) mass is 301 g/mol. The number of benzene rings is 1. The van der Waals surface area contributed by atoms with Crippen LogP contribution in [-0.2, 0) is 21.4 Å². The summed E-state index contributed by atoms with van der Waals surface area (Å²) in [4.78, 5) is 22.7. The summed E-state index contributed by atoms with van der Waals surface area (Å²) in [5.41, 5.74) is 2.91. The molecule has 1 aromatic carbocycles. The molecule has 1 saturated carbocycles. The van der Waals surface area contributed by atoms with Crippen LogP contribution in [0.3, 0.4) is 0 Å². The standard InChI is InChI=1S/C18H23NO3/c20-16(21)8-2-1-5-11-19-17(22)15-12-18(15)10-9-13-6-3-4-7-14(13)18/h3-4,6-7,15H,1-2,5,8-12H2,(H,19,22)(H,20,21). The van der Waals surface area contributed by atoms with E-state index in [0.29, 0.717) is 13.0 Å². The Morgan fingerprint density at radius 2 is 2.05 bits per heavy atom. The van der Waals surface area contributed by atoms with Gasteiger partial charge in [0.25, 0.3) is 0 Å². The fourth-order valence-electron chi connectivity index (χ4n) is 3.85. The van der Waals surface area contributed by atoms with E-state index in [1.807, 2.05) is 0 Å². The van der Waals surface area contributed by atoms with Crippen LogP contribution in [0.4, 0.5) is 0 Å². The highest BCUT2D eigenvalue weighted by Crippen LogP contribution is 2.61. The maximum atomic E-state index is 12.3. The Kier molecular flexibility index (Phi) is 4.19. The molecule has 2 aliphatic carbocycles. The summed E-state index contributed by atoms with van der Waals surface area (Å²) in [5, 5.41) is 11.6. The summed E-state index contributed by atoms with van der Waals surface area (Å²) in [5.74, 6) is -0.436. The van der Waals surface area contributed by atoms with Gasteiger partial charge in [0.05, 0.1) is 0 Å². The molecular formula is C18H23NO3. The second kappa shape index (κ2) is 6.11. The van der Waals surface area contributed by atoms with E-state index >= 15 is 0 Å². The van der Waals surface area contributed by atoms with Crippen LogP contribution in [0.1, 0.15) is 49.7 Å². The summed E-state index contributed by atoms with van der Waals surface area (Å²) in [6.45, 7) is 0.659. The van der Waals surface area contributed by atoms with Gasteiger partial charge >= 0.3 is 5.97 Å². The molecule has 1 amide bonds. The van der Waals surface area contributed by atoms with Crippen LogP contribution in [0.2, 0.25) is 0 Å². The summed E-state index contributed by atoms with van der Waals surface area (Å²) in [7, 11) is 0. The van der Waals surface area contributed by atoms with E-state index in [2.05, 4.69) is 29.6 Å². The van der Waals surface area contributed by atoms with Gasteiger partial charge in [-0.05, 0) is 43.2 Å². The van der Waals surface area contributed by atoms with Gasteiger partial charge in [-0.1, -0.05) is 30.7 Å². The minimum atomic E-state index is -0.746. The lowest BCUT2D eigenvalue weighted by Gasteiger charge is -2.11. The third-order valence-corrected chi connectivity index (χ3v) is 5.15. The van der Waals surface area contributed by atoms with Crippen LogP contribution < -0.4 is 5.32 Å². The van der Waals surface area contributed by atoms with Crippen molar-refractivity contribution in [2.75, 3.05) is 6.54 Å². The largest absolute Gasteiger partial charge is 0.481 e. The SMILES string of the molecule is O=C(O)CCCCCNC(=O)C1CC12CCc1ccccc12. The molecular weight excluding hydrogens is 278 g/mol. The Morgan fingerprint density at radius 3 is 2.86 bits per heavy atom. The third kappa shape index (κ3) is 2.87. The van der Waals surface area contributed by atoms with Crippen LogP contribution >= 0.6 is 0 Å². The van der Waals surface area contributed by atoms with Crippen molar-refractivity contribution >= 4 is 11.9 Å². The molecule has 22 heavy (non-hydrogen) atoms. The van der Waals surface area contributed by atoms with Crippen molar-refractivity contribution in [3.63, 3.8) is 0 Å². The molecule has 118 valence electrons. The molecule has 4 heteroatoms. The van der Waals surface area contributed by atoms with Crippen LogP contribution in [0.5, 0.6) is 0 Å². The number of carbonyl (C=O) groups excluding carboxylic acids is 1. The predicted molar refractivity (Wildman–Crippen MR) is 83.7 cm³/mol. The molecule has 0 saturated heterocycles. The average Bonchev–Trinajstić information content (AvgIpc) is 3.12. The molecule has 2 unspecified atom stereocenters. The van der Waals surface area contributed by atoms with Gasteiger partial charge < -0.3 is 10.4 Å². The van der Waals surface area contributed by atoms with Crippen LogP contribution in [0, 0.1) is 5.92 Å². The Hall–Kier alpha value is -1.84. The lowest BCUT2D eigenvalue weighted by molar-refractivity contribution is -0.137. The highest BCUT2D eigenvalue weighted by atomic mass is 16.4. The molecule has 0 heterocycles. The van der Waals surface area contributed by atoms with E-state index < -0.39 is 5.97 Å². The van der Waals surface area contributed by atoms with Gasteiger partial charge in [-0.15, -0.1) is 0 Å². The lowest BCUT2D eigenvalue weighted by Crippen LogP contribution is -2.28. The number of carbonyl (C=O) groups is 2. The molecule has 0 bridgehead atoms. The minimum Gasteiger partial charge on any atom is -0.481 e. The number of fused-ring (bicyclic) bond motifs is 2. The zero-order chi connectivity index (χ0) is 15.6. The number of aliphatic carboxylic acids is 1. The molecule has 0 aromatic heterocycles. The van der Waals surface area contributed by atoms with Gasteiger partial charge in [0.2, 0.25) is 5.91 Å². The number of rotatable bonds is 7. The van der Waals surface area contributed by atoms with Crippen molar-refractivity contribution in [2.45, 2.75) is 50.4 Å². The van der Waals surface area contributed by atoms with Crippen molar-refractivity contribution in [3.8, 4) is 0 Å². The quantitative estimate of drug-likeness (QED) is 0.761. The van der Waals surface area contributed by atoms with Crippen LogP contribution in [0.25, 0.3) is 0 Å². The van der Waals surface area contributed by atoms with Crippen molar-refractivity contribution < 1.29 is 14.7 Å². The lowest BCUT2D eigenvalue weighted by atomic mass is 9.95. The zero-order valence-electron chi connectivity index (χ0n) is 12.8. The summed E-state index contributed by atoms with van der Waals surface area (Å²) < 4.78 is 0. The molecule has 2 atom stereocenters. The van der Waals surface area contributed by atoms with E-state index in [4.69, 9.17) is 5.11 Å². The van der Waals surface area contributed by atoms with Gasteiger partial charge in [-0.3, -0.25) is 9.59 Å². The molecule has 0 radical (unpaired) electrons. The highest BCUT2D eigenvalue weighted by Gasteiger charge is 2.61. The Morgan fingerprint density at radius 1 is 1.23 bits per heavy atom. The first-order valence-corrected chi connectivity index (χ1v) is 8.21. The second-order valence-corrected chi connectivity index (χ2v) is 6.57. The first kappa shape index (κ1) is 15.1. The Balaban J connectivity index is 1.43. The Labute approximate surface area is 130 Å². The first-order valence-electron chi connectivity index (χ1n) is 8.21. The topological polar surface area (TPSA) is 66.4 Å². The number of hydrogen-bond donors (Lipinski definition) is 2. The third-order valence-electron chi connectivity index (χ3n) is 5.15. The fourth-order valence-corrected chi connectivity index (χ4v) is 3.85. The van der Waals surface area contributed by atoms with E-state index in [9.17, 15) is 9.59 Å². The smallest absolute Gasteiger partial charge is 0.303 e. The molecule has 2 N–H and O–H groups in total. The van der Waals surface area contributed by atoms with Gasteiger partial charge in [-0.25, -0.2) is 0 Å². The van der Waals surface area contributed by atoms with Crippen LogP contribution in [0.15, 0.2) is 24.3 Å². The zero-order valence-corrected chi connectivity index (χ0v) is 12.8. The van der Waals surface area contributed by atoms with Gasteiger partial charge in [0.1, 0.15) is 0 Å². The molecule has 1 fully saturated rings. The summed E-state index contributed by atoms with van der Waals surface area (Å²) in [6.07, 6.45) is 5.79. The number of hydrogen-bond acceptors (Lipinski definition) is 2. The maximum Gasteiger partial charge on any atom is 0.303 e. The van der Waals surface area contributed by atoms with Crippen molar-refractivity contribution in [1.29, 1.82) is 0 Å². The number of aryl methyl sites for hydroxylation is 1. The number of unbranched alkanes of at least 4 members (excludes halogenated alkanes) is 2. The molecule has 2 aliphatic rings. The maximum absolute atomic E-state index is 12.3. The molecule has 1 spiro atoms. The minimum absolute atomic E-state index is 0.115. The molecule has 4 nitrogen and oxygen atoms in total. The normalized spacial score (nSPS) is 25.0. The molecule has 3 rings (SSSR count). The van der Waals surface area contributed by atoms with Crippen molar-refractivity contribution in [1.82, 2.24) is 5.32 Å². The van der Waals surface area contributed by atoms with E-state index in [1.165, 1.54) is 11.1 Å². The average molecular weight is 301 g/mol. The highest BCUT2D eigenvalue weighted by molar-refractivity contribution is 5.85. The second-order valence-electron chi connectivity index (χ2n) is 6.57. The number of nitrogens with one attached hydrogen (secondary N) is 1. The van der Waals surface area contributed by atoms with Gasteiger partial charge in [-0.2, -0.15) is 0 Å². The molecule has 1 aromatic rings.